The van der Waals surface area contributed by atoms with Gasteiger partial charge in [-0.05, 0) is 69.6 Å². The van der Waals surface area contributed by atoms with Crippen molar-refractivity contribution in [3.63, 3.8) is 0 Å². The lowest BCUT2D eigenvalue weighted by atomic mass is 9.89. The highest BCUT2D eigenvalue weighted by molar-refractivity contribution is 5.98. The second kappa shape index (κ2) is 7.07. The first-order chi connectivity index (χ1) is 9.15. The summed E-state index contributed by atoms with van der Waals surface area (Å²) < 4.78 is 0. The molecule has 2 heterocycles. The molecule has 0 atom stereocenters. The molecule has 3 rings (SSSR count). The van der Waals surface area contributed by atoms with Crippen molar-refractivity contribution < 1.29 is 10.3 Å². The second-order valence-electron chi connectivity index (χ2n) is 5.64. The fourth-order valence-electron chi connectivity index (χ4n) is 3.02. The van der Waals surface area contributed by atoms with Crippen LogP contribution in [0.15, 0.2) is 24.4 Å². The molecular weight excluding hydrogens is 288 g/mol. The van der Waals surface area contributed by atoms with E-state index < -0.39 is 0 Å². The van der Waals surface area contributed by atoms with Crippen LogP contribution in [0.2, 0.25) is 0 Å². The number of Topliss-reactive ketones (excluding diaryl/α,β-unsaturated/α-hetero) is 1. The van der Waals surface area contributed by atoms with E-state index in [1.54, 1.807) is 6.92 Å². The number of aromatic nitrogens is 1. The Morgan fingerprint density at radius 3 is 2.57 bits per heavy atom. The first kappa shape index (κ1) is 17.7. The summed E-state index contributed by atoms with van der Waals surface area (Å²) in [5.74, 6) is 0.754. The third-order valence-electron chi connectivity index (χ3n) is 4.28. The molecule has 4 nitrogen and oxygen atoms in total. The number of nitrogens with one attached hydrogen (secondary N) is 1. The summed E-state index contributed by atoms with van der Waals surface area (Å²) in [6.07, 6.45) is 4.53. The monoisotopic (exact) mass is 310 g/mol. The first-order valence-electron chi connectivity index (χ1n) is 6.95. The molecule has 0 spiro atoms. The minimum Gasteiger partial charge on any atom is -0.412 e. The Bertz CT molecular complexity index is 616. The Balaban J connectivity index is 0.00000110. The van der Waals surface area contributed by atoms with Gasteiger partial charge in [0.1, 0.15) is 0 Å². The summed E-state index contributed by atoms with van der Waals surface area (Å²) in [7, 11) is 2.18. The second-order valence-corrected chi connectivity index (χ2v) is 5.64. The van der Waals surface area contributed by atoms with E-state index in [9.17, 15) is 4.79 Å². The van der Waals surface area contributed by atoms with Gasteiger partial charge in [-0.25, -0.2) is 0 Å². The molecule has 0 radical (unpaired) electrons. The minimum atomic E-state index is 0. The molecule has 3 N–H and O–H groups in total. The van der Waals surface area contributed by atoms with Crippen molar-refractivity contribution in [1.82, 2.24) is 9.88 Å². The van der Waals surface area contributed by atoms with E-state index in [0.717, 1.165) is 24.2 Å². The third kappa shape index (κ3) is 3.46. The van der Waals surface area contributed by atoms with Crippen LogP contribution in [0.25, 0.3) is 10.9 Å². The number of piperidine rings is 1. The summed E-state index contributed by atoms with van der Waals surface area (Å²) >= 11 is 0. The van der Waals surface area contributed by atoms with Crippen LogP contribution in [0.1, 0.15) is 41.6 Å². The number of benzene rings is 1. The molecule has 21 heavy (non-hydrogen) atoms. The van der Waals surface area contributed by atoms with Gasteiger partial charge in [0.25, 0.3) is 0 Å². The molecule has 116 valence electrons. The standard InChI is InChI=1S/C16H20N2O.ClH.H2O/c1-11(19)13-3-4-16-14(9-13)15(10-17-16)12-5-7-18(2)8-6-12;;/h3-4,9-10,12,17H,5-8H2,1-2H3;1H;1H2. The number of likely N-dealkylation sites (tertiary alicyclic amines) is 1. The van der Waals surface area contributed by atoms with Gasteiger partial charge in [0, 0.05) is 22.7 Å². The Hall–Kier alpha value is -1.36. The van der Waals surface area contributed by atoms with E-state index in [0.29, 0.717) is 5.92 Å². The smallest absolute Gasteiger partial charge is 0.159 e. The highest BCUT2D eigenvalue weighted by atomic mass is 35.5. The van der Waals surface area contributed by atoms with E-state index >= 15 is 0 Å². The first-order valence-corrected chi connectivity index (χ1v) is 6.95. The molecule has 0 amide bonds. The molecule has 2 aromatic rings. The molecule has 1 fully saturated rings. The van der Waals surface area contributed by atoms with Crippen molar-refractivity contribution in [3.8, 4) is 0 Å². The lowest BCUT2D eigenvalue weighted by molar-refractivity contribution is 0.101. The predicted molar refractivity (Wildman–Crippen MR) is 88.6 cm³/mol. The van der Waals surface area contributed by atoms with Gasteiger partial charge in [-0.3, -0.25) is 4.79 Å². The van der Waals surface area contributed by atoms with Gasteiger partial charge < -0.3 is 15.4 Å². The van der Waals surface area contributed by atoms with Gasteiger partial charge >= 0.3 is 0 Å². The van der Waals surface area contributed by atoms with Crippen LogP contribution < -0.4 is 0 Å². The van der Waals surface area contributed by atoms with Crippen LogP contribution in [-0.2, 0) is 0 Å². The Kier molecular flexibility index (Phi) is 5.96. The van der Waals surface area contributed by atoms with Crippen LogP contribution in [0.5, 0.6) is 0 Å². The fraction of sp³-hybridized carbons (Fsp3) is 0.438. The minimum absolute atomic E-state index is 0. The van der Waals surface area contributed by atoms with Gasteiger partial charge in [-0.1, -0.05) is 0 Å². The quantitative estimate of drug-likeness (QED) is 0.867. The zero-order chi connectivity index (χ0) is 13.4. The van der Waals surface area contributed by atoms with E-state index in [1.165, 1.54) is 23.8 Å². The molecule has 1 aromatic carbocycles. The molecule has 1 aromatic heterocycles. The van der Waals surface area contributed by atoms with Crippen LogP contribution in [-0.4, -0.2) is 41.3 Å². The van der Waals surface area contributed by atoms with Crippen molar-refractivity contribution in [2.45, 2.75) is 25.7 Å². The van der Waals surface area contributed by atoms with Gasteiger partial charge in [0.15, 0.2) is 5.78 Å². The number of fused-ring (bicyclic) bond motifs is 1. The van der Waals surface area contributed by atoms with E-state index in [4.69, 9.17) is 0 Å². The summed E-state index contributed by atoms with van der Waals surface area (Å²) in [6, 6.07) is 5.96. The normalized spacial score (nSPS) is 16.3. The SMILES string of the molecule is CC(=O)c1ccc2[nH]cc(C3CCN(C)CC3)c2c1.Cl.O. The highest BCUT2D eigenvalue weighted by Gasteiger charge is 2.21. The lowest BCUT2D eigenvalue weighted by Crippen LogP contribution is -2.29. The fourth-order valence-corrected chi connectivity index (χ4v) is 3.02. The van der Waals surface area contributed by atoms with Crippen molar-refractivity contribution in [2.24, 2.45) is 0 Å². The topological polar surface area (TPSA) is 67.6 Å². The van der Waals surface area contributed by atoms with Gasteiger partial charge in [-0.2, -0.15) is 0 Å². The molecule has 5 heteroatoms. The molecule has 1 aliphatic heterocycles. The summed E-state index contributed by atoms with van der Waals surface area (Å²) in [6.45, 7) is 3.94. The molecule has 0 unspecified atom stereocenters. The molecule has 1 saturated heterocycles. The number of nitrogens with zero attached hydrogens (tertiary/aromatic N) is 1. The zero-order valence-corrected chi connectivity index (χ0v) is 13.3. The maximum atomic E-state index is 11.5. The molecule has 0 bridgehead atoms. The van der Waals surface area contributed by atoms with Crippen molar-refractivity contribution >= 4 is 29.1 Å². The number of hydrogen-bond acceptors (Lipinski definition) is 2. The highest BCUT2D eigenvalue weighted by Crippen LogP contribution is 2.33. The molecular formula is C16H23ClN2O2. The number of halogens is 1. The van der Waals surface area contributed by atoms with E-state index in [-0.39, 0.29) is 23.7 Å². The molecule has 1 aliphatic rings. The number of carbonyl (C=O) groups is 1. The van der Waals surface area contributed by atoms with Crippen molar-refractivity contribution in [2.75, 3.05) is 20.1 Å². The van der Waals surface area contributed by atoms with Crippen LogP contribution in [0.3, 0.4) is 0 Å². The average Bonchev–Trinajstić information content (AvgIpc) is 2.82. The predicted octanol–water partition coefficient (Wildman–Crippen LogP) is 2.78. The molecule has 0 saturated carbocycles. The summed E-state index contributed by atoms with van der Waals surface area (Å²) in [5.41, 5.74) is 3.33. The van der Waals surface area contributed by atoms with E-state index in [2.05, 4.69) is 23.1 Å². The number of carbonyl (C=O) groups excluding carboxylic acids is 1. The molecule has 0 aliphatic carbocycles. The van der Waals surface area contributed by atoms with Crippen molar-refractivity contribution in [1.29, 1.82) is 0 Å². The lowest BCUT2D eigenvalue weighted by Gasteiger charge is -2.28. The maximum absolute atomic E-state index is 11.5. The van der Waals surface area contributed by atoms with Crippen LogP contribution >= 0.6 is 12.4 Å². The maximum Gasteiger partial charge on any atom is 0.159 e. The van der Waals surface area contributed by atoms with E-state index in [1.807, 2.05) is 18.2 Å². The largest absolute Gasteiger partial charge is 0.412 e. The van der Waals surface area contributed by atoms with Gasteiger partial charge in [0.05, 0.1) is 0 Å². The number of rotatable bonds is 2. The van der Waals surface area contributed by atoms with Crippen molar-refractivity contribution in [3.05, 3.63) is 35.5 Å². The van der Waals surface area contributed by atoms with Gasteiger partial charge in [-0.15, -0.1) is 12.4 Å². The number of aromatic amines is 1. The summed E-state index contributed by atoms with van der Waals surface area (Å²) in [5, 5.41) is 1.22. The van der Waals surface area contributed by atoms with Gasteiger partial charge in [0.2, 0.25) is 0 Å². The Morgan fingerprint density at radius 1 is 1.29 bits per heavy atom. The number of H-pyrrole nitrogens is 1. The number of ketones is 1. The van der Waals surface area contributed by atoms with Crippen LogP contribution in [0.4, 0.5) is 0 Å². The van der Waals surface area contributed by atoms with Crippen LogP contribution in [0, 0.1) is 0 Å². The Labute approximate surface area is 131 Å². The zero-order valence-electron chi connectivity index (χ0n) is 12.5. The number of hydrogen-bond donors (Lipinski definition) is 1. The summed E-state index contributed by atoms with van der Waals surface area (Å²) in [4.78, 5) is 17.2. The Morgan fingerprint density at radius 2 is 1.95 bits per heavy atom. The average molecular weight is 311 g/mol. The third-order valence-corrected chi connectivity index (χ3v) is 4.28.